The van der Waals surface area contributed by atoms with Gasteiger partial charge in [-0.2, -0.15) is 0 Å². The SMILES string of the molecule is CC(=O)c1cccc(NC(=O)NCC(=O)C(C)(C)C)c1. The van der Waals surface area contributed by atoms with Crippen molar-refractivity contribution in [3.63, 3.8) is 0 Å². The molecular weight excluding hydrogens is 256 g/mol. The van der Waals surface area contributed by atoms with E-state index in [1.54, 1.807) is 45.0 Å². The van der Waals surface area contributed by atoms with E-state index < -0.39 is 11.4 Å². The zero-order valence-electron chi connectivity index (χ0n) is 12.2. The third-order valence-electron chi connectivity index (χ3n) is 2.77. The van der Waals surface area contributed by atoms with Gasteiger partial charge in [0.15, 0.2) is 11.6 Å². The monoisotopic (exact) mass is 276 g/mol. The number of carbonyl (C=O) groups is 3. The molecule has 0 atom stereocenters. The van der Waals surface area contributed by atoms with Gasteiger partial charge >= 0.3 is 6.03 Å². The number of hydrogen-bond donors (Lipinski definition) is 2. The van der Waals surface area contributed by atoms with Gasteiger partial charge in [0.1, 0.15) is 0 Å². The van der Waals surface area contributed by atoms with Gasteiger partial charge < -0.3 is 10.6 Å². The molecule has 1 aromatic rings. The number of benzene rings is 1. The summed E-state index contributed by atoms with van der Waals surface area (Å²) in [5.41, 5.74) is 0.550. The van der Waals surface area contributed by atoms with Gasteiger partial charge in [-0.1, -0.05) is 32.9 Å². The predicted octanol–water partition coefficient (Wildman–Crippen LogP) is 2.63. The van der Waals surface area contributed by atoms with E-state index in [9.17, 15) is 14.4 Å². The van der Waals surface area contributed by atoms with Crippen molar-refractivity contribution in [1.29, 1.82) is 0 Å². The molecule has 1 aromatic carbocycles. The van der Waals surface area contributed by atoms with Crippen LogP contribution in [0.2, 0.25) is 0 Å². The maximum absolute atomic E-state index is 11.7. The number of urea groups is 1. The predicted molar refractivity (Wildman–Crippen MR) is 77.9 cm³/mol. The van der Waals surface area contributed by atoms with E-state index in [2.05, 4.69) is 10.6 Å². The fourth-order valence-corrected chi connectivity index (χ4v) is 1.42. The summed E-state index contributed by atoms with van der Waals surface area (Å²) < 4.78 is 0. The Balaban J connectivity index is 2.57. The topological polar surface area (TPSA) is 75.3 Å². The van der Waals surface area contributed by atoms with Crippen LogP contribution < -0.4 is 10.6 Å². The lowest BCUT2D eigenvalue weighted by atomic mass is 9.91. The summed E-state index contributed by atoms with van der Waals surface area (Å²) in [5, 5.41) is 5.09. The minimum atomic E-state index is -0.484. The van der Waals surface area contributed by atoms with E-state index in [4.69, 9.17) is 0 Å². The van der Waals surface area contributed by atoms with Gasteiger partial charge in [0.2, 0.25) is 0 Å². The lowest BCUT2D eigenvalue weighted by molar-refractivity contribution is -0.125. The number of anilines is 1. The van der Waals surface area contributed by atoms with Crippen LogP contribution in [-0.2, 0) is 4.79 Å². The highest BCUT2D eigenvalue weighted by Gasteiger charge is 2.21. The summed E-state index contributed by atoms with van der Waals surface area (Å²) in [6.45, 7) is 6.82. The molecule has 1 rings (SSSR count). The lowest BCUT2D eigenvalue weighted by Crippen LogP contribution is -2.37. The first kappa shape index (κ1) is 15.9. The summed E-state index contributed by atoms with van der Waals surface area (Å²) in [6, 6.07) is 6.16. The fourth-order valence-electron chi connectivity index (χ4n) is 1.42. The zero-order valence-corrected chi connectivity index (χ0v) is 12.2. The van der Waals surface area contributed by atoms with Gasteiger partial charge in [0.05, 0.1) is 6.54 Å². The highest BCUT2D eigenvalue weighted by atomic mass is 16.2. The van der Waals surface area contributed by atoms with Gasteiger partial charge in [0.25, 0.3) is 0 Å². The van der Waals surface area contributed by atoms with Crippen LogP contribution in [-0.4, -0.2) is 24.1 Å². The highest BCUT2D eigenvalue weighted by Crippen LogP contribution is 2.14. The minimum absolute atomic E-state index is 0.0261. The molecule has 0 saturated carbocycles. The maximum atomic E-state index is 11.7. The average Bonchev–Trinajstić information content (AvgIpc) is 2.35. The molecule has 0 aromatic heterocycles. The Hall–Kier alpha value is -2.17. The summed E-state index contributed by atoms with van der Waals surface area (Å²) in [4.78, 5) is 34.6. The van der Waals surface area contributed by atoms with E-state index in [0.717, 1.165) is 0 Å². The minimum Gasteiger partial charge on any atom is -0.331 e. The molecule has 0 aliphatic heterocycles. The highest BCUT2D eigenvalue weighted by molar-refractivity contribution is 5.97. The molecule has 5 heteroatoms. The van der Waals surface area contributed by atoms with Crippen LogP contribution >= 0.6 is 0 Å². The Labute approximate surface area is 118 Å². The standard InChI is InChI=1S/C15H20N2O3/c1-10(18)11-6-5-7-12(8-11)17-14(20)16-9-13(19)15(2,3)4/h5-8H,9H2,1-4H3,(H2,16,17,20). The van der Waals surface area contributed by atoms with E-state index >= 15 is 0 Å². The zero-order chi connectivity index (χ0) is 15.3. The molecule has 2 amide bonds. The molecule has 0 saturated heterocycles. The Bertz CT molecular complexity index is 530. The molecule has 0 radical (unpaired) electrons. The molecule has 5 nitrogen and oxygen atoms in total. The van der Waals surface area contributed by atoms with Crippen molar-refractivity contribution in [3.05, 3.63) is 29.8 Å². The summed E-state index contributed by atoms with van der Waals surface area (Å²) >= 11 is 0. The van der Waals surface area contributed by atoms with Crippen molar-refractivity contribution in [2.45, 2.75) is 27.7 Å². The molecule has 0 bridgehead atoms. The van der Waals surface area contributed by atoms with Gasteiger partial charge in [0, 0.05) is 16.7 Å². The first-order valence-corrected chi connectivity index (χ1v) is 6.39. The first-order chi connectivity index (χ1) is 9.20. The Morgan fingerprint density at radius 2 is 1.80 bits per heavy atom. The Kier molecular flexibility index (Phi) is 5.02. The van der Waals surface area contributed by atoms with Crippen molar-refractivity contribution in [3.8, 4) is 0 Å². The second-order valence-corrected chi connectivity index (χ2v) is 5.62. The average molecular weight is 276 g/mol. The number of Topliss-reactive ketones (excluding diaryl/α,β-unsaturated/α-hetero) is 2. The summed E-state index contributed by atoms with van der Waals surface area (Å²) in [6.07, 6.45) is 0. The third kappa shape index (κ3) is 4.84. The molecular formula is C15H20N2O3. The fraction of sp³-hybridized carbons (Fsp3) is 0.400. The maximum Gasteiger partial charge on any atom is 0.319 e. The quantitative estimate of drug-likeness (QED) is 0.830. The number of carbonyl (C=O) groups excluding carboxylic acids is 3. The van der Waals surface area contributed by atoms with E-state index in [1.807, 2.05) is 0 Å². The number of amides is 2. The molecule has 0 fully saturated rings. The largest absolute Gasteiger partial charge is 0.331 e. The molecule has 0 unspecified atom stereocenters. The van der Waals surface area contributed by atoms with E-state index in [0.29, 0.717) is 11.3 Å². The van der Waals surface area contributed by atoms with Gasteiger partial charge in [-0.15, -0.1) is 0 Å². The van der Waals surface area contributed by atoms with E-state index in [1.165, 1.54) is 6.92 Å². The molecule has 2 N–H and O–H groups in total. The third-order valence-corrected chi connectivity index (χ3v) is 2.77. The van der Waals surface area contributed by atoms with Gasteiger partial charge in [-0.05, 0) is 19.1 Å². The van der Waals surface area contributed by atoms with Crippen molar-refractivity contribution in [2.24, 2.45) is 5.41 Å². The molecule has 0 aliphatic carbocycles. The second kappa shape index (κ2) is 6.32. The number of hydrogen-bond acceptors (Lipinski definition) is 3. The van der Waals surface area contributed by atoms with Crippen LogP contribution in [0, 0.1) is 5.41 Å². The molecule has 20 heavy (non-hydrogen) atoms. The van der Waals surface area contributed by atoms with Gasteiger partial charge in [-0.25, -0.2) is 4.79 Å². The van der Waals surface area contributed by atoms with E-state index in [-0.39, 0.29) is 18.1 Å². The molecule has 0 heterocycles. The molecule has 0 aliphatic rings. The van der Waals surface area contributed by atoms with Crippen molar-refractivity contribution in [2.75, 3.05) is 11.9 Å². The van der Waals surface area contributed by atoms with Crippen LogP contribution in [0.4, 0.5) is 10.5 Å². The molecule has 108 valence electrons. The summed E-state index contributed by atoms with van der Waals surface area (Å²) in [5.74, 6) is -0.123. The lowest BCUT2D eigenvalue weighted by Gasteiger charge is -2.16. The number of nitrogens with one attached hydrogen (secondary N) is 2. The number of rotatable bonds is 4. The van der Waals surface area contributed by atoms with Crippen LogP contribution in [0.15, 0.2) is 24.3 Å². The Morgan fingerprint density at radius 1 is 1.15 bits per heavy atom. The second-order valence-electron chi connectivity index (χ2n) is 5.62. The van der Waals surface area contributed by atoms with Crippen LogP contribution in [0.1, 0.15) is 38.1 Å². The van der Waals surface area contributed by atoms with Crippen LogP contribution in [0.3, 0.4) is 0 Å². The van der Waals surface area contributed by atoms with Gasteiger partial charge in [-0.3, -0.25) is 9.59 Å². The van der Waals surface area contributed by atoms with Crippen molar-refractivity contribution < 1.29 is 14.4 Å². The summed E-state index contributed by atoms with van der Waals surface area (Å²) in [7, 11) is 0. The molecule has 0 spiro atoms. The first-order valence-electron chi connectivity index (χ1n) is 6.39. The van der Waals surface area contributed by atoms with Crippen molar-refractivity contribution >= 4 is 23.3 Å². The number of ketones is 2. The smallest absolute Gasteiger partial charge is 0.319 e. The van der Waals surface area contributed by atoms with Crippen LogP contribution in [0.5, 0.6) is 0 Å². The Morgan fingerprint density at radius 3 is 2.35 bits per heavy atom. The normalized spacial score (nSPS) is 10.8. The van der Waals surface area contributed by atoms with Crippen LogP contribution in [0.25, 0.3) is 0 Å². The van der Waals surface area contributed by atoms with Crippen molar-refractivity contribution in [1.82, 2.24) is 5.32 Å².